The van der Waals surface area contributed by atoms with Gasteiger partial charge in [-0.2, -0.15) is 0 Å². The van der Waals surface area contributed by atoms with Gasteiger partial charge in [0.2, 0.25) is 0 Å². The van der Waals surface area contributed by atoms with E-state index in [1.807, 2.05) is 62.4 Å². The van der Waals surface area contributed by atoms with Crippen LogP contribution >= 0.6 is 0 Å². The third-order valence-electron chi connectivity index (χ3n) is 7.33. The second-order valence-corrected chi connectivity index (χ2v) is 9.54. The van der Waals surface area contributed by atoms with Gasteiger partial charge in [0.25, 0.3) is 11.8 Å². The zero-order valence-electron chi connectivity index (χ0n) is 20.5. The summed E-state index contributed by atoms with van der Waals surface area (Å²) in [7, 11) is 0. The summed E-state index contributed by atoms with van der Waals surface area (Å²) in [6.07, 6.45) is 3.43. The molecule has 0 bridgehead atoms. The fraction of sp³-hybridized carbons (Fsp3) is 0.0667. The maximum Gasteiger partial charge on any atom is 0.279 e. The molecule has 0 amide bonds. The van der Waals surface area contributed by atoms with Crippen LogP contribution in [0.1, 0.15) is 32.1 Å². The van der Waals surface area contributed by atoms with Crippen molar-refractivity contribution >= 4 is 33.6 Å². The van der Waals surface area contributed by atoms with Crippen molar-refractivity contribution < 1.29 is 9.59 Å². The number of nitrogens with zero attached hydrogens (tertiary/aromatic N) is 2. The number of benzene rings is 2. The molecule has 0 spiro atoms. The maximum absolute atomic E-state index is 12.6. The fourth-order valence-electron chi connectivity index (χ4n) is 5.52. The Hall–Kier alpha value is -5.24. The topological polar surface area (TPSA) is 110 Å². The molecule has 2 aliphatic rings. The summed E-state index contributed by atoms with van der Waals surface area (Å²) < 4.78 is 3.08. The van der Waals surface area contributed by atoms with E-state index < -0.39 is 0 Å². The van der Waals surface area contributed by atoms with Crippen LogP contribution in [-0.4, -0.2) is 30.9 Å². The monoisotopic (exact) mass is 500 g/mol. The lowest BCUT2D eigenvalue weighted by molar-refractivity contribution is 0.0957. The lowest BCUT2D eigenvalue weighted by Gasteiger charge is -2.02. The van der Waals surface area contributed by atoms with Crippen LogP contribution < -0.4 is 10.9 Å². The number of aromatic amines is 2. The highest BCUT2D eigenvalue weighted by molar-refractivity contribution is 6.11. The zero-order chi connectivity index (χ0) is 26.3. The molecule has 6 heterocycles. The van der Waals surface area contributed by atoms with E-state index in [0.717, 1.165) is 11.1 Å². The van der Waals surface area contributed by atoms with Gasteiger partial charge in [0.15, 0.2) is 10.9 Å². The Morgan fingerprint density at radius 2 is 0.947 bits per heavy atom. The van der Waals surface area contributed by atoms with Crippen LogP contribution in [-0.2, 0) is 0 Å². The lowest BCUT2D eigenvalue weighted by Crippen LogP contribution is -2.11. The van der Waals surface area contributed by atoms with Crippen molar-refractivity contribution in [2.45, 2.75) is 13.8 Å². The SMILES string of the molecule is Cc1ccn2c1-c1c([nH]c3ccccc3c1=O)C2=O.Cc1ccn2c1-c1c([nH]c3ccccc3c1=O)C2=O. The molecule has 2 aromatic carbocycles. The number of hydrogen-bond donors (Lipinski definition) is 2. The predicted octanol–water partition coefficient (Wildman–Crippen LogP) is 4.61. The van der Waals surface area contributed by atoms with Gasteiger partial charge in [-0.15, -0.1) is 0 Å². The number of H-pyrrole nitrogens is 2. The molecule has 184 valence electrons. The smallest absolute Gasteiger partial charge is 0.279 e. The quantitative estimate of drug-likeness (QED) is 0.317. The first-order chi connectivity index (χ1) is 18.4. The Morgan fingerprint density at radius 3 is 1.37 bits per heavy atom. The average molecular weight is 501 g/mol. The molecule has 0 fully saturated rings. The Labute approximate surface area is 214 Å². The van der Waals surface area contributed by atoms with Gasteiger partial charge in [-0.3, -0.25) is 28.3 Å². The van der Waals surface area contributed by atoms with Gasteiger partial charge in [0.1, 0.15) is 11.4 Å². The van der Waals surface area contributed by atoms with Crippen LogP contribution in [0.25, 0.3) is 44.3 Å². The van der Waals surface area contributed by atoms with Gasteiger partial charge in [-0.25, -0.2) is 0 Å². The Morgan fingerprint density at radius 1 is 0.553 bits per heavy atom. The molecular weight excluding hydrogens is 480 g/mol. The Bertz CT molecular complexity index is 1980. The minimum absolute atomic E-state index is 0.0850. The normalized spacial score (nSPS) is 12.8. The predicted molar refractivity (Wildman–Crippen MR) is 145 cm³/mol. The number of para-hydroxylation sites is 2. The summed E-state index contributed by atoms with van der Waals surface area (Å²) in [6.45, 7) is 3.81. The van der Waals surface area contributed by atoms with Crippen LogP contribution in [0.4, 0.5) is 0 Å². The molecule has 38 heavy (non-hydrogen) atoms. The number of rotatable bonds is 0. The van der Waals surface area contributed by atoms with Crippen molar-refractivity contribution in [3.63, 3.8) is 0 Å². The summed E-state index contributed by atoms with van der Waals surface area (Å²) in [6, 6.07) is 18.2. The number of carbonyl (C=O) groups is 2. The summed E-state index contributed by atoms with van der Waals surface area (Å²) in [5.41, 5.74) is 6.30. The molecule has 0 saturated carbocycles. The van der Waals surface area contributed by atoms with E-state index in [1.165, 1.54) is 9.13 Å². The van der Waals surface area contributed by atoms with Gasteiger partial charge >= 0.3 is 0 Å². The number of nitrogens with one attached hydrogen (secondary N) is 2. The van der Waals surface area contributed by atoms with Crippen LogP contribution in [0.3, 0.4) is 0 Å². The number of carbonyl (C=O) groups excluding carboxylic acids is 2. The van der Waals surface area contributed by atoms with Crippen LogP contribution in [0.15, 0.2) is 82.6 Å². The van der Waals surface area contributed by atoms with E-state index in [-0.39, 0.29) is 22.7 Å². The molecule has 2 N–H and O–H groups in total. The Balaban J connectivity index is 0.000000127. The molecule has 0 atom stereocenters. The van der Waals surface area contributed by atoms with Crippen molar-refractivity contribution in [3.8, 4) is 22.5 Å². The molecule has 8 rings (SSSR count). The highest BCUT2D eigenvalue weighted by atomic mass is 16.2. The maximum atomic E-state index is 12.6. The summed E-state index contributed by atoms with van der Waals surface area (Å²) >= 11 is 0. The summed E-state index contributed by atoms with van der Waals surface area (Å²) in [5, 5.41) is 1.23. The average Bonchev–Trinajstić information content (AvgIpc) is 3.64. The largest absolute Gasteiger partial charge is 0.350 e. The molecular formula is C30H20N4O4. The molecule has 8 nitrogen and oxygen atoms in total. The van der Waals surface area contributed by atoms with Crippen molar-refractivity contribution in [1.82, 2.24) is 19.1 Å². The first-order valence-corrected chi connectivity index (χ1v) is 12.1. The van der Waals surface area contributed by atoms with Crippen molar-refractivity contribution in [1.29, 1.82) is 0 Å². The van der Waals surface area contributed by atoms with E-state index in [0.29, 0.717) is 55.7 Å². The molecule has 4 aromatic heterocycles. The van der Waals surface area contributed by atoms with Crippen LogP contribution in [0, 0.1) is 13.8 Å². The molecule has 0 aliphatic carbocycles. The standard InChI is InChI=1S/2C15H10N2O2/c2*1-8-6-7-17-13(8)11-12(15(17)19)16-10-5-3-2-4-9(10)14(11)18/h2*2-7H,1H3,(H,16,18). The first-order valence-electron chi connectivity index (χ1n) is 12.1. The van der Waals surface area contributed by atoms with E-state index in [4.69, 9.17) is 0 Å². The number of hydrogen-bond acceptors (Lipinski definition) is 4. The van der Waals surface area contributed by atoms with Gasteiger partial charge in [0, 0.05) is 34.2 Å². The highest BCUT2D eigenvalue weighted by Crippen LogP contribution is 2.33. The number of fused-ring (bicyclic) bond motifs is 8. The molecule has 0 saturated heterocycles. The third-order valence-corrected chi connectivity index (χ3v) is 7.33. The molecule has 0 unspecified atom stereocenters. The van der Waals surface area contributed by atoms with E-state index in [9.17, 15) is 19.2 Å². The lowest BCUT2D eigenvalue weighted by atomic mass is 10.1. The molecule has 2 aliphatic heterocycles. The van der Waals surface area contributed by atoms with Crippen molar-refractivity contribution in [2.24, 2.45) is 0 Å². The highest BCUT2D eigenvalue weighted by Gasteiger charge is 2.32. The molecule has 6 aromatic rings. The molecule has 8 heteroatoms. The minimum atomic E-state index is -0.166. The van der Waals surface area contributed by atoms with Crippen molar-refractivity contribution in [2.75, 3.05) is 0 Å². The number of aromatic nitrogens is 4. The molecule has 0 radical (unpaired) electrons. The fourth-order valence-corrected chi connectivity index (χ4v) is 5.52. The van der Waals surface area contributed by atoms with Crippen LogP contribution in [0.5, 0.6) is 0 Å². The van der Waals surface area contributed by atoms with Crippen molar-refractivity contribution in [3.05, 3.63) is 116 Å². The second-order valence-electron chi connectivity index (χ2n) is 9.54. The number of pyridine rings is 2. The van der Waals surface area contributed by atoms with Gasteiger partial charge in [0.05, 0.1) is 22.5 Å². The number of aryl methyl sites for hydroxylation is 2. The van der Waals surface area contributed by atoms with Gasteiger partial charge in [-0.1, -0.05) is 24.3 Å². The Kier molecular flexibility index (Phi) is 4.42. The van der Waals surface area contributed by atoms with Gasteiger partial charge < -0.3 is 9.97 Å². The van der Waals surface area contributed by atoms with E-state index in [2.05, 4.69) is 9.97 Å². The summed E-state index contributed by atoms with van der Waals surface area (Å²) in [4.78, 5) is 55.9. The van der Waals surface area contributed by atoms with E-state index >= 15 is 0 Å². The minimum Gasteiger partial charge on any atom is -0.350 e. The summed E-state index contributed by atoms with van der Waals surface area (Å²) in [5.74, 6) is -0.332. The van der Waals surface area contributed by atoms with E-state index in [1.54, 1.807) is 24.5 Å². The van der Waals surface area contributed by atoms with Gasteiger partial charge in [-0.05, 0) is 61.4 Å². The third kappa shape index (κ3) is 2.79. The van der Waals surface area contributed by atoms with Crippen LogP contribution in [0.2, 0.25) is 0 Å². The zero-order valence-corrected chi connectivity index (χ0v) is 20.5. The second kappa shape index (κ2) is 7.63. The first kappa shape index (κ1) is 22.0.